The Morgan fingerprint density at radius 3 is 2.67 bits per heavy atom. The standard InChI is InChI=1S/C13H22N2O2S/c1-4-5-6-7-8-15-13-11(17-3)10(14)12(18-13)9(2)16/h15H,4-8,14H2,1-3H3. The molecule has 4 nitrogen and oxygen atoms in total. The summed E-state index contributed by atoms with van der Waals surface area (Å²) in [4.78, 5) is 12.0. The van der Waals surface area contributed by atoms with Crippen LogP contribution in [0.3, 0.4) is 0 Å². The number of Topliss-reactive ketones (excluding diaryl/α,β-unsaturated/α-hetero) is 1. The number of methoxy groups -OCH3 is 1. The Morgan fingerprint density at radius 1 is 1.39 bits per heavy atom. The Hall–Kier alpha value is -1.23. The van der Waals surface area contributed by atoms with Gasteiger partial charge in [-0.1, -0.05) is 26.2 Å². The molecule has 0 radical (unpaired) electrons. The van der Waals surface area contributed by atoms with Gasteiger partial charge in [-0.05, 0) is 6.42 Å². The summed E-state index contributed by atoms with van der Waals surface area (Å²) in [6.45, 7) is 4.59. The summed E-state index contributed by atoms with van der Waals surface area (Å²) in [5, 5.41) is 4.16. The summed E-state index contributed by atoms with van der Waals surface area (Å²) in [5.74, 6) is 0.579. The summed E-state index contributed by atoms with van der Waals surface area (Å²) in [6.07, 6.45) is 4.81. The number of thiophene rings is 1. The van der Waals surface area contributed by atoms with Crippen molar-refractivity contribution in [2.75, 3.05) is 24.7 Å². The van der Waals surface area contributed by atoms with Crippen molar-refractivity contribution in [2.45, 2.75) is 39.5 Å². The number of hydrogen-bond acceptors (Lipinski definition) is 5. The average molecular weight is 270 g/mol. The first kappa shape index (κ1) is 14.8. The molecular formula is C13H22N2O2S. The largest absolute Gasteiger partial charge is 0.492 e. The van der Waals surface area contributed by atoms with E-state index in [0.717, 1.165) is 18.0 Å². The summed E-state index contributed by atoms with van der Waals surface area (Å²) in [5.41, 5.74) is 6.34. The highest BCUT2D eigenvalue weighted by Crippen LogP contribution is 2.42. The van der Waals surface area contributed by atoms with Gasteiger partial charge in [-0.25, -0.2) is 0 Å². The van der Waals surface area contributed by atoms with E-state index in [1.807, 2.05) is 0 Å². The van der Waals surface area contributed by atoms with Gasteiger partial charge >= 0.3 is 0 Å². The number of rotatable bonds is 8. The number of carbonyl (C=O) groups excluding carboxylic acids is 1. The third-order valence-corrected chi connectivity index (χ3v) is 3.98. The van der Waals surface area contributed by atoms with Crippen molar-refractivity contribution in [3.8, 4) is 5.75 Å². The van der Waals surface area contributed by atoms with Gasteiger partial charge in [-0.15, -0.1) is 11.3 Å². The maximum absolute atomic E-state index is 11.4. The fourth-order valence-electron chi connectivity index (χ4n) is 1.76. The van der Waals surface area contributed by atoms with Crippen LogP contribution in [-0.4, -0.2) is 19.4 Å². The zero-order valence-corrected chi connectivity index (χ0v) is 12.2. The first-order chi connectivity index (χ1) is 8.61. The fraction of sp³-hybridized carbons (Fsp3) is 0.615. The van der Waals surface area contributed by atoms with E-state index in [2.05, 4.69) is 12.2 Å². The van der Waals surface area contributed by atoms with Crippen LogP contribution in [0.25, 0.3) is 0 Å². The van der Waals surface area contributed by atoms with Crippen molar-refractivity contribution in [1.29, 1.82) is 0 Å². The van der Waals surface area contributed by atoms with Crippen LogP contribution in [0.2, 0.25) is 0 Å². The molecule has 1 heterocycles. The highest BCUT2D eigenvalue weighted by molar-refractivity contribution is 7.19. The molecule has 0 amide bonds. The van der Waals surface area contributed by atoms with Crippen LogP contribution in [0.1, 0.15) is 49.2 Å². The molecule has 0 aromatic carbocycles. The van der Waals surface area contributed by atoms with Crippen molar-refractivity contribution in [2.24, 2.45) is 0 Å². The number of carbonyl (C=O) groups is 1. The van der Waals surface area contributed by atoms with Crippen molar-refractivity contribution in [3.05, 3.63) is 4.88 Å². The van der Waals surface area contributed by atoms with Gasteiger partial charge in [-0.2, -0.15) is 0 Å². The second-order valence-electron chi connectivity index (χ2n) is 4.25. The molecular weight excluding hydrogens is 248 g/mol. The third kappa shape index (κ3) is 3.63. The number of nitrogens with two attached hydrogens (primary N) is 1. The molecule has 0 aliphatic heterocycles. The van der Waals surface area contributed by atoms with E-state index in [0.29, 0.717) is 16.3 Å². The lowest BCUT2D eigenvalue weighted by Crippen LogP contribution is -2.01. The Bertz CT molecular complexity index is 402. The van der Waals surface area contributed by atoms with Crippen LogP contribution < -0.4 is 15.8 Å². The zero-order chi connectivity index (χ0) is 13.5. The van der Waals surface area contributed by atoms with Crippen LogP contribution in [-0.2, 0) is 0 Å². The molecule has 5 heteroatoms. The number of nitrogens with one attached hydrogen (secondary N) is 1. The first-order valence-corrected chi connectivity index (χ1v) is 7.14. The van der Waals surface area contributed by atoms with Crippen LogP contribution in [0.15, 0.2) is 0 Å². The van der Waals surface area contributed by atoms with Gasteiger partial charge < -0.3 is 15.8 Å². The summed E-state index contributed by atoms with van der Waals surface area (Å²) in [6, 6.07) is 0. The Balaban J connectivity index is 2.64. The molecule has 18 heavy (non-hydrogen) atoms. The SMILES string of the molecule is CCCCCCNc1sc(C(C)=O)c(N)c1OC. The van der Waals surface area contributed by atoms with E-state index in [4.69, 9.17) is 10.5 Å². The van der Waals surface area contributed by atoms with Gasteiger partial charge in [0.2, 0.25) is 0 Å². The van der Waals surface area contributed by atoms with Crippen molar-refractivity contribution >= 4 is 27.8 Å². The molecule has 0 aliphatic carbocycles. The van der Waals surface area contributed by atoms with Gasteiger partial charge in [0.25, 0.3) is 0 Å². The molecule has 0 atom stereocenters. The van der Waals surface area contributed by atoms with E-state index in [9.17, 15) is 4.79 Å². The molecule has 1 aromatic heterocycles. The second kappa shape index (κ2) is 7.26. The van der Waals surface area contributed by atoms with Gasteiger partial charge in [0.05, 0.1) is 17.7 Å². The molecule has 0 spiro atoms. The van der Waals surface area contributed by atoms with Gasteiger partial charge in [0.1, 0.15) is 5.00 Å². The topological polar surface area (TPSA) is 64.4 Å². The number of ketones is 1. The van der Waals surface area contributed by atoms with Crippen LogP contribution in [0.4, 0.5) is 10.7 Å². The molecule has 1 aromatic rings. The smallest absolute Gasteiger partial charge is 0.176 e. The van der Waals surface area contributed by atoms with Crippen LogP contribution >= 0.6 is 11.3 Å². The quantitative estimate of drug-likeness (QED) is 0.560. The minimum Gasteiger partial charge on any atom is -0.492 e. The number of nitrogen functional groups attached to an aromatic ring is 1. The van der Waals surface area contributed by atoms with Gasteiger partial charge in [0, 0.05) is 13.5 Å². The lowest BCUT2D eigenvalue weighted by Gasteiger charge is -2.06. The molecule has 1 rings (SSSR count). The molecule has 0 saturated carbocycles. The average Bonchev–Trinajstić information content (AvgIpc) is 2.65. The molecule has 0 fully saturated rings. The zero-order valence-electron chi connectivity index (χ0n) is 11.3. The lowest BCUT2D eigenvalue weighted by atomic mass is 10.2. The molecule has 3 N–H and O–H groups in total. The highest BCUT2D eigenvalue weighted by Gasteiger charge is 2.18. The Morgan fingerprint density at radius 2 is 2.11 bits per heavy atom. The number of unbranched alkanes of at least 4 members (excludes halogenated alkanes) is 3. The minimum absolute atomic E-state index is 0.0187. The van der Waals surface area contributed by atoms with E-state index < -0.39 is 0 Å². The number of hydrogen-bond donors (Lipinski definition) is 2. The molecule has 0 unspecified atom stereocenters. The number of anilines is 2. The second-order valence-corrected chi connectivity index (χ2v) is 5.27. The monoisotopic (exact) mass is 270 g/mol. The lowest BCUT2D eigenvalue weighted by molar-refractivity contribution is 0.102. The Labute approximate surface area is 113 Å². The number of ether oxygens (including phenoxy) is 1. The maximum Gasteiger partial charge on any atom is 0.176 e. The van der Waals surface area contributed by atoms with Crippen LogP contribution in [0.5, 0.6) is 5.75 Å². The normalized spacial score (nSPS) is 10.4. The predicted octanol–water partition coefficient (Wildman–Crippen LogP) is 3.53. The minimum atomic E-state index is -0.0187. The van der Waals surface area contributed by atoms with Crippen LogP contribution in [0, 0.1) is 0 Å². The van der Waals surface area contributed by atoms with E-state index in [-0.39, 0.29) is 5.78 Å². The summed E-state index contributed by atoms with van der Waals surface area (Å²) < 4.78 is 5.26. The van der Waals surface area contributed by atoms with E-state index in [1.54, 1.807) is 7.11 Å². The fourth-order valence-corrected chi connectivity index (χ4v) is 2.77. The van der Waals surface area contributed by atoms with E-state index in [1.165, 1.54) is 37.5 Å². The van der Waals surface area contributed by atoms with Crippen molar-refractivity contribution < 1.29 is 9.53 Å². The molecule has 0 bridgehead atoms. The van der Waals surface area contributed by atoms with Crippen molar-refractivity contribution in [1.82, 2.24) is 0 Å². The molecule has 102 valence electrons. The molecule has 0 saturated heterocycles. The van der Waals surface area contributed by atoms with Crippen molar-refractivity contribution in [3.63, 3.8) is 0 Å². The van der Waals surface area contributed by atoms with Gasteiger partial charge in [-0.3, -0.25) is 4.79 Å². The Kier molecular flexibility index (Phi) is 5.98. The maximum atomic E-state index is 11.4. The first-order valence-electron chi connectivity index (χ1n) is 6.32. The third-order valence-electron chi connectivity index (χ3n) is 2.74. The summed E-state index contributed by atoms with van der Waals surface area (Å²) in [7, 11) is 1.57. The predicted molar refractivity (Wildman–Crippen MR) is 77.9 cm³/mol. The highest BCUT2D eigenvalue weighted by atomic mass is 32.1. The van der Waals surface area contributed by atoms with Gasteiger partial charge in [0.15, 0.2) is 11.5 Å². The molecule has 0 aliphatic rings. The van der Waals surface area contributed by atoms with E-state index >= 15 is 0 Å². The summed E-state index contributed by atoms with van der Waals surface area (Å²) >= 11 is 1.37.